The summed E-state index contributed by atoms with van der Waals surface area (Å²) in [4.78, 5) is 42.5. The lowest BCUT2D eigenvalue weighted by atomic mass is 10.1. The van der Waals surface area contributed by atoms with Crippen molar-refractivity contribution < 1.29 is 31.6 Å². The zero-order chi connectivity index (χ0) is 30.3. The molecule has 3 aromatic carbocycles. The first-order chi connectivity index (χ1) is 20.0. The fraction of sp³-hybridized carbons (Fsp3) is 0.258. The average Bonchev–Trinajstić information content (AvgIpc) is 2.97. The zero-order valence-electron chi connectivity index (χ0n) is 22.8. The van der Waals surface area contributed by atoms with Crippen LogP contribution in [0.15, 0.2) is 88.3 Å². The number of rotatable bonds is 10. The highest BCUT2D eigenvalue weighted by Crippen LogP contribution is 2.30. The molecule has 0 aliphatic rings. The summed E-state index contributed by atoms with van der Waals surface area (Å²) in [5.41, 5.74) is -0.128. The molecule has 0 radical (unpaired) electrons. The van der Waals surface area contributed by atoms with Gasteiger partial charge in [0.25, 0.3) is 0 Å². The van der Waals surface area contributed by atoms with E-state index in [4.69, 9.17) is 4.42 Å². The van der Waals surface area contributed by atoms with Crippen molar-refractivity contribution in [2.24, 2.45) is 0 Å². The van der Waals surface area contributed by atoms with Crippen LogP contribution in [0.1, 0.15) is 36.5 Å². The first-order valence-electron chi connectivity index (χ1n) is 13.3. The summed E-state index contributed by atoms with van der Waals surface area (Å²) in [5.74, 6) is -0.981. The van der Waals surface area contributed by atoms with E-state index in [9.17, 15) is 31.9 Å². The topological polar surface area (TPSA) is 82.9 Å². The van der Waals surface area contributed by atoms with Gasteiger partial charge in [0.05, 0.1) is 29.3 Å². The molecule has 1 N–H and O–H groups in total. The van der Waals surface area contributed by atoms with Crippen LogP contribution in [0.25, 0.3) is 11.0 Å². The molecule has 0 spiro atoms. The van der Waals surface area contributed by atoms with Gasteiger partial charge in [-0.15, -0.1) is 0 Å². The molecule has 220 valence electrons. The molecule has 7 nitrogen and oxygen atoms in total. The minimum Gasteiger partial charge on any atom is -0.464 e. The normalized spacial score (nSPS) is 11.4. The van der Waals surface area contributed by atoms with Crippen molar-refractivity contribution in [1.29, 1.82) is 0 Å². The molecule has 0 saturated carbocycles. The molecule has 3 amide bonds. The van der Waals surface area contributed by atoms with Gasteiger partial charge in [0.1, 0.15) is 17.9 Å². The van der Waals surface area contributed by atoms with Crippen molar-refractivity contribution >= 4 is 28.6 Å². The number of amides is 3. The predicted octanol–water partition coefficient (Wildman–Crippen LogP) is 6.81. The largest absolute Gasteiger partial charge is 0.464 e. The molecular weight excluding hydrogens is 554 g/mol. The predicted molar refractivity (Wildman–Crippen MR) is 150 cm³/mol. The van der Waals surface area contributed by atoms with Crippen molar-refractivity contribution in [3.8, 4) is 0 Å². The van der Waals surface area contributed by atoms with Gasteiger partial charge in [-0.25, -0.2) is 9.18 Å². The van der Waals surface area contributed by atoms with E-state index >= 15 is 0 Å². The van der Waals surface area contributed by atoms with Gasteiger partial charge in [0.15, 0.2) is 5.43 Å². The lowest BCUT2D eigenvalue weighted by Gasteiger charge is -2.28. The summed E-state index contributed by atoms with van der Waals surface area (Å²) in [5, 5.41) is 2.79. The number of nitrogens with zero attached hydrogens (tertiary/aromatic N) is 2. The SMILES string of the molecule is CCCCN(CC(=O)N(Cc1ccc(F)cc1)Cc1coc2ccccc2c1=O)C(=O)Nc1cccc(C(F)(F)F)c1. The van der Waals surface area contributed by atoms with E-state index in [-0.39, 0.29) is 36.3 Å². The Morgan fingerprint density at radius 1 is 0.929 bits per heavy atom. The number of carbonyl (C=O) groups is 2. The van der Waals surface area contributed by atoms with E-state index in [0.717, 1.165) is 12.1 Å². The Bertz CT molecular complexity index is 1600. The monoisotopic (exact) mass is 583 g/mol. The van der Waals surface area contributed by atoms with Gasteiger partial charge in [-0.1, -0.05) is 43.7 Å². The lowest BCUT2D eigenvalue weighted by Crippen LogP contribution is -2.44. The van der Waals surface area contributed by atoms with E-state index in [1.165, 1.54) is 52.5 Å². The molecule has 0 aliphatic carbocycles. The molecule has 4 rings (SSSR count). The molecule has 0 saturated heterocycles. The van der Waals surface area contributed by atoms with Crippen LogP contribution in [0, 0.1) is 5.82 Å². The summed E-state index contributed by atoms with van der Waals surface area (Å²) >= 11 is 0. The molecule has 1 aromatic heterocycles. The summed E-state index contributed by atoms with van der Waals surface area (Å²) < 4.78 is 58.6. The Morgan fingerprint density at radius 3 is 2.38 bits per heavy atom. The fourth-order valence-electron chi connectivity index (χ4n) is 4.32. The van der Waals surface area contributed by atoms with Crippen molar-refractivity contribution in [3.05, 3.63) is 112 Å². The fourth-order valence-corrected chi connectivity index (χ4v) is 4.32. The van der Waals surface area contributed by atoms with Crippen molar-refractivity contribution in [3.63, 3.8) is 0 Å². The van der Waals surface area contributed by atoms with Crippen LogP contribution in [-0.4, -0.2) is 34.8 Å². The van der Waals surface area contributed by atoms with Crippen LogP contribution in [0.3, 0.4) is 0 Å². The number of urea groups is 1. The highest BCUT2D eigenvalue weighted by molar-refractivity contribution is 5.92. The van der Waals surface area contributed by atoms with E-state index < -0.39 is 36.0 Å². The first-order valence-corrected chi connectivity index (χ1v) is 13.3. The van der Waals surface area contributed by atoms with Crippen LogP contribution < -0.4 is 10.7 Å². The molecule has 0 atom stereocenters. The maximum atomic E-state index is 13.7. The van der Waals surface area contributed by atoms with Crippen molar-refractivity contribution in [2.75, 3.05) is 18.4 Å². The summed E-state index contributed by atoms with van der Waals surface area (Å²) in [7, 11) is 0. The van der Waals surface area contributed by atoms with Gasteiger partial charge >= 0.3 is 12.2 Å². The van der Waals surface area contributed by atoms with Crippen molar-refractivity contribution in [2.45, 2.75) is 39.0 Å². The Labute approximate surface area is 239 Å². The third-order valence-corrected chi connectivity index (χ3v) is 6.59. The van der Waals surface area contributed by atoms with Gasteiger partial charge in [-0.3, -0.25) is 9.59 Å². The number of carbonyl (C=O) groups excluding carboxylic acids is 2. The number of halogens is 4. The smallest absolute Gasteiger partial charge is 0.416 e. The molecule has 0 bridgehead atoms. The van der Waals surface area contributed by atoms with E-state index in [1.807, 2.05) is 6.92 Å². The quantitative estimate of drug-likeness (QED) is 0.208. The van der Waals surface area contributed by atoms with Crippen LogP contribution in [0.5, 0.6) is 0 Å². The van der Waals surface area contributed by atoms with Crippen LogP contribution in [0.2, 0.25) is 0 Å². The lowest BCUT2D eigenvalue weighted by molar-refractivity contribution is -0.137. The van der Waals surface area contributed by atoms with E-state index in [1.54, 1.807) is 24.3 Å². The van der Waals surface area contributed by atoms with Crippen molar-refractivity contribution in [1.82, 2.24) is 9.80 Å². The number of para-hydroxylation sites is 1. The maximum absolute atomic E-state index is 13.7. The highest BCUT2D eigenvalue weighted by atomic mass is 19.4. The molecule has 0 fully saturated rings. The average molecular weight is 584 g/mol. The standard InChI is InChI=1S/C31H29F4N3O4/c1-2-3-15-37(30(41)36-25-8-6-7-23(16-25)31(33,34)35)19-28(39)38(17-21-11-13-24(32)14-12-21)18-22-20-42-27-10-5-4-9-26(27)29(22)40/h4-14,16,20H,2-3,15,17-19H2,1H3,(H,36,41). The second-order valence-electron chi connectivity index (χ2n) is 9.75. The minimum atomic E-state index is -4.59. The zero-order valence-corrected chi connectivity index (χ0v) is 22.8. The molecule has 4 aromatic rings. The Morgan fingerprint density at radius 2 is 1.67 bits per heavy atom. The van der Waals surface area contributed by atoms with Gasteiger partial charge in [-0.2, -0.15) is 13.2 Å². The molecule has 11 heteroatoms. The first kappa shape index (κ1) is 30.3. The number of fused-ring (bicyclic) bond motifs is 1. The third-order valence-electron chi connectivity index (χ3n) is 6.59. The second-order valence-corrected chi connectivity index (χ2v) is 9.75. The number of hydrogen-bond donors (Lipinski definition) is 1. The number of hydrogen-bond acceptors (Lipinski definition) is 4. The second kappa shape index (κ2) is 13.3. The van der Waals surface area contributed by atoms with Gasteiger partial charge < -0.3 is 19.5 Å². The summed E-state index contributed by atoms with van der Waals surface area (Å²) in [6.45, 7) is 1.49. The molecule has 42 heavy (non-hydrogen) atoms. The summed E-state index contributed by atoms with van der Waals surface area (Å²) in [6, 6.07) is 15.7. The molecule has 1 heterocycles. The van der Waals surface area contributed by atoms with Gasteiger partial charge in [0, 0.05) is 18.8 Å². The van der Waals surface area contributed by atoms with Crippen LogP contribution in [-0.2, 0) is 24.1 Å². The minimum absolute atomic E-state index is 0.00223. The number of nitrogens with one attached hydrogen (secondary N) is 1. The van der Waals surface area contributed by atoms with Gasteiger partial charge in [-0.05, 0) is 54.4 Å². The van der Waals surface area contributed by atoms with E-state index in [2.05, 4.69) is 5.32 Å². The Balaban J connectivity index is 1.59. The number of unbranched alkanes of at least 4 members (excludes halogenated alkanes) is 1. The number of alkyl halides is 3. The maximum Gasteiger partial charge on any atom is 0.416 e. The number of anilines is 1. The molecule has 0 unspecified atom stereocenters. The Kier molecular flexibility index (Phi) is 9.61. The third kappa shape index (κ3) is 7.74. The highest BCUT2D eigenvalue weighted by Gasteiger charge is 2.31. The summed E-state index contributed by atoms with van der Waals surface area (Å²) in [6.07, 6.45) is -2.08. The number of benzene rings is 3. The van der Waals surface area contributed by atoms with E-state index in [0.29, 0.717) is 29.4 Å². The van der Waals surface area contributed by atoms with Crippen LogP contribution in [0.4, 0.5) is 28.0 Å². The Hall–Kier alpha value is -4.67. The molecular formula is C31H29F4N3O4. The van der Waals surface area contributed by atoms with Crippen LogP contribution >= 0.6 is 0 Å². The molecule has 0 aliphatic heterocycles. The van der Waals surface area contributed by atoms with Gasteiger partial charge in [0.2, 0.25) is 5.91 Å².